The minimum Gasteiger partial charge on any atom is -0.482 e. The molecule has 1 N–H and O–H groups in total. The Morgan fingerprint density at radius 3 is 1.40 bits per heavy atom. The number of Topliss-reactive ketones (excluding diaryl/α,β-unsaturated/α-hetero) is 2. The molecule has 0 unspecified atom stereocenters. The van der Waals surface area contributed by atoms with Gasteiger partial charge in [-0.3, -0.25) is 9.59 Å². The summed E-state index contributed by atoms with van der Waals surface area (Å²) in [5.74, 6) is 0.432. The number of benzene rings is 5. The van der Waals surface area contributed by atoms with Gasteiger partial charge in [0, 0.05) is 21.8 Å². The first-order chi connectivity index (χ1) is 23.1. The lowest BCUT2D eigenvalue weighted by Crippen LogP contribution is -2.10. The van der Waals surface area contributed by atoms with Crippen molar-refractivity contribution in [2.24, 2.45) is 0 Å². The maximum absolute atomic E-state index is 11.8. The summed E-state index contributed by atoms with van der Waals surface area (Å²) in [7, 11) is 0. The number of carbonyl (C=O) groups excluding carboxylic acids is 2. The van der Waals surface area contributed by atoms with Gasteiger partial charge in [-0.15, -0.1) is 11.8 Å². The number of thioether (sulfide) groups is 1. The summed E-state index contributed by atoms with van der Waals surface area (Å²) < 4.78 is 5.42. The van der Waals surface area contributed by atoms with Crippen LogP contribution < -0.4 is 4.74 Å². The number of aliphatic carboxylic acids is 1. The van der Waals surface area contributed by atoms with Crippen LogP contribution in [0.3, 0.4) is 0 Å². The van der Waals surface area contributed by atoms with E-state index in [1.54, 1.807) is 25.6 Å². The van der Waals surface area contributed by atoms with Crippen LogP contribution in [-0.2, 0) is 4.79 Å². The third-order valence-electron chi connectivity index (χ3n) is 8.29. The predicted octanol–water partition coefficient (Wildman–Crippen LogP) is 10.2. The van der Waals surface area contributed by atoms with Crippen LogP contribution in [-0.4, -0.2) is 35.0 Å². The van der Waals surface area contributed by atoms with Crippen molar-refractivity contribution in [1.82, 2.24) is 0 Å². The first kappa shape index (κ1) is 34.1. The molecule has 0 bridgehead atoms. The lowest BCUT2D eigenvalue weighted by atomic mass is 9.90. The van der Waals surface area contributed by atoms with Crippen LogP contribution in [0.25, 0.3) is 27.8 Å². The monoisotopic (exact) mass is 654 g/mol. The van der Waals surface area contributed by atoms with Crippen LogP contribution in [0.15, 0.2) is 126 Å². The van der Waals surface area contributed by atoms with E-state index in [2.05, 4.69) is 55.5 Å². The SMILES string of the molecule is CCC(CSc1ccc(OCC(=O)O)c(C)c1)=C(c1ccc(-c2ccc(C(C)=O)cc2)cc1)c1ccc(-c2ccc(C(C)=O)cc2)cc1. The molecule has 0 atom stereocenters. The minimum atomic E-state index is -1.00. The zero-order valence-corrected chi connectivity index (χ0v) is 28.4. The fourth-order valence-electron chi connectivity index (χ4n) is 5.56. The van der Waals surface area contributed by atoms with Crippen LogP contribution in [0.1, 0.15) is 64.6 Å². The van der Waals surface area contributed by atoms with E-state index in [4.69, 9.17) is 9.84 Å². The highest BCUT2D eigenvalue weighted by Crippen LogP contribution is 2.35. The predicted molar refractivity (Wildman–Crippen MR) is 195 cm³/mol. The third kappa shape index (κ3) is 8.38. The molecule has 5 rings (SSSR count). The Morgan fingerprint density at radius 1 is 0.625 bits per heavy atom. The Kier molecular flexibility index (Phi) is 11.1. The van der Waals surface area contributed by atoms with Crippen molar-refractivity contribution < 1.29 is 24.2 Å². The number of ether oxygens (including phenoxy) is 1. The zero-order valence-electron chi connectivity index (χ0n) is 27.6. The molecule has 0 radical (unpaired) electrons. The van der Waals surface area contributed by atoms with Crippen molar-refractivity contribution in [3.8, 4) is 28.0 Å². The molecule has 5 aromatic rings. The van der Waals surface area contributed by atoms with E-state index in [0.717, 1.165) is 56.0 Å². The van der Waals surface area contributed by atoms with Gasteiger partial charge in [0.2, 0.25) is 0 Å². The molecule has 0 aliphatic carbocycles. The van der Waals surface area contributed by atoms with E-state index in [0.29, 0.717) is 16.9 Å². The Balaban J connectivity index is 1.48. The summed E-state index contributed by atoms with van der Waals surface area (Å²) in [6.45, 7) is 6.88. The number of hydrogen-bond donors (Lipinski definition) is 1. The summed E-state index contributed by atoms with van der Waals surface area (Å²) in [4.78, 5) is 35.5. The first-order valence-electron chi connectivity index (χ1n) is 15.9. The lowest BCUT2D eigenvalue weighted by molar-refractivity contribution is -0.139. The maximum Gasteiger partial charge on any atom is 0.341 e. The van der Waals surface area contributed by atoms with Crippen LogP contribution in [0.4, 0.5) is 0 Å². The average molecular weight is 655 g/mol. The van der Waals surface area contributed by atoms with E-state index < -0.39 is 5.97 Å². The third-order valence-corrected chi connectivity index (χ3v) is 9.37. The quantitative estimate of drug-likeness (QED) is 0.101. The first-order valence-corrected chi connectivity index (χ1v) is 16.8. The van der Waals surface area contributed by atoms with Crippen LogP contribution in [0.5, 0.6) is 5.75 Å². The zero-order chi connectivity index (χ0) is 34.2. The molecule has 0 aromatic heterocycles. The average Bonchev–Trinajstić information content (AvgIpc) is 3.10. The van der Waals surface area contributed by atoms with Gasteiger partial charge in [-0.25, -0.2) is 4.79 Å². The summed E-state index contributed by atoms with van der Waals surface area (Å²) >= 11 is 1.74. The fraction of sp³-hybridized carbons (Fsp3) is 0.167. The fourth-order valence-corrected chi connectivity index (χ4v) is 6.68. The number of carboxylic acid groups (broad SMARTS) is 1. The topological polar surface area (TPSA) is 80.7 Å². The van der Waals surface area contributed by atoms with E-state index in [-0.39, 0.29) is 18.2 Å². The van der Waals surface area contributed by atoms with Crippen molar-refractivity contribution in [2.75, 3.05) is 12.4 Å². The van der Waals surface area contributed by atoms with Gasteiger partial charge in [-0.2, -0.15) is 0 Å². The second-order valence-corrected chi connectivity index (χ2v) is 12.7. The van der Waals surface area contributed by atoms with Gasteiger partial charge < -0.3 is 9.84 Å². The molecule has 5 aromatic carbocycles. The van der Waals surface area contributed by atoms with Crippen molar-refractivity contribution in [2.45, 2.75) is 39.0 Å². The molecule has 0 amide bonds. The van der Waals surface area contributed by atoms with E-state index in [1.807, 2.05) is 73.7 Å². The standard InChI is InChI=1S/C42H38O5S/c1-5-30(26-48-39-22-23-40(27(2)24-39)47-25-41(45)46)42(37-18-14-35(15-19-37)33-10-6-31(7-11-33)28(3)43)38-20-16-36(17-21-38)34-12-8-32(9-13-34)29(4)44/h6-24H,5,25-26H2,1-4H3,(H,45,46). The number of aryl methyl sites for hydroxylation is 1. The van der Waals surface area contributed by atoms with E-state index in [9.17, 15) is 14.4 Å². The molecule has 0 fully saturated rings. The second kappa shape index (κ2) is 15.6. The maximum atomic E-state index is 11.8. The number of carboxylic acids is 1. The Hall–Kier alpha value is -5.20. The van der Waals surface area contributed by atoms with E-state index in [1.165, 1.54) is 11.1 Å². The minimum absolute atomic E-state index is 0.0494. The number of ketones is 2. The number of carbonyl (C=O) groups is 3. The highest BCUT2D eigenvalue weighted by Gasteiger charge is 2.14. The molecule has 48 heavy (non-hydrogen) atoms. The molecule has 0 aliphatic rings. The normalized spacial score (nSPS) is 10.8. The second-order valence-electron chi connectivity index (χ2n) is 11.7. The summed E-state index contributed by atoms with van der Waals surface area (Å²) in [6.07, 6.45) is 0.851. The van der Waals surface area contributed by atoms with E-state index >= 15 is 0 Å². The molecule has 0 saturated carbocycles. The van der Waals surface area contributed by atoms with Crippen LogP contribution in [0, 0.1) is 6.92 Å². The molecule has 0 heterocycles. The molecular formula is C42H38O5S. The number of rotatable bonds is 13. The molecular weight excluding hydrogens is 617 g/mol. The molecule has 242 valence electrons. The Morgan fingerprint density at radius 2 is 1.04 bits per heavy atom. The molecule has 0 saturated heterocycles. The molecule has 0 spiro atoms. The number of hydrogen-bond acceptors (Lipinski definition) is 5. The summed E-state index contributed by atoms with van der Waals surface area (Å²) in [6, 6.07) is 38.4. The Bertz CT molecular complexity index is 1850. The molecule has 6 heteroatoms. The van der Waals surface area contributed by atoms with Gasteiger partial charge in [0.1, 0.15) is 5.75 Å². The van der Waals surface area contributed by atoms with Gasteiger partial charge in [-0.1, -0.05) is 110 Å². The van der Waals surface area contributed by atoms with Crippen molar-refractivity contribution >= 4 is 34.9 Å². The Labute approximate surface area is 286 Å². The van der Waals surface area contributed by atoms with Crippen molar-refractivity contribution in [1.29, 1.82) is 0 Å². The van der Waals surface area contributed by atoms with Crippen LogP contribution >= 0.6 is 11.8 Å². The summed E-state index contributed by atoms with van der Waals surface area (Å²) in [5.41, 5.74) is 11.2. The largest absolute Gasteiger partial charge is 0.482 e. The van der Waals surface area contributed by atoms with Crippen LogP contribution in [0.2, 0.25) is 0 Å². The van der Waals surface area contributed by atoms with Gasteiger partial charge in [0.05, 0.1) is 0 Å². The van der Waals surface area contributed by atoms with Gasteiger partial charge in [0.15, 0.2) is 18.2 Å². The molecule has 0 aliphatic heterocycles. The molecule has 5 nitrogen and oxygen atoms in total. The highest BCUT2D eigenvalue weighted by atomic mass is 32.2. The van der Waals surface area contributed by atoms with Crippen molar-refractivity contribution in [3.63, 3.8) is 0 Å². The van der Waals surface area contributed by atoms with Gasteiger partial charge in [-0.05, 0) is 89.9 Å². The lowest BCUT2D eigenvalue weighted by Gasteiger charge is -2.17. The smallest absolute Gasteiger partial charge is 0.341 e. The van der Waals surface area contributed by atoms with Gasteiger partial charge in [0.25, 0.3) is 0 Å². The van der Waals surface area contributed by atoms with Gasteiger partial charge >= 0.3 is 5.97 Å². The summed E-state index contributed by atoms with van der Waals surface area (Å²) in [5, 5.41) is 8.98. The van der Waals surface area contributed by atoms with Crippen molar-refractivity contribution in [3.05, 3.63) is 149 Å². The highest BCUT2D eigenvalue weighted by molar-refractivity contribution is 7.99.